The van der Waals surface area contributed by atoms with Crippen LogP contribution in [-0.2, 0) is 10.0 Å². The van der Waals surface area contributed by atoms with Crippen LogP contribution in [0.2, 0.25) is 10.2 Å². The normalized spacial score (nSPS) is 11.4. The summed E-state index contributed by atoms with van der Waals surface area (Å²) in [7, 11) is -3.73. The van der Waals surface area contributed by atoms with Gasteiger partial charge in [-0.15, -0.1) is 0 Å². The van der Waals surface area contributed by atoms with Crippen LogP contribution in [0.5, 0.6) is 0 Å². The van der Waals surface area contributed by atoms with Gasteiger partial charge in [0.1, 0.15) is 10.0 Å². The van der Waals surface area contributed by atoms with E-state index in [1.807, 2.05) is 25.1 Å². The predicted molar refractivity (Wildman–Crippen MR) is 85.6 cm³/mol. The van der Waals surface area contributed by atoms with Crippen LogP contribution in [0.25, 0.3) is 0 Å². The number of anilines is 1. The van der Waals surface area contributed by atoms with Gasteiger partial charge in [-0.3, -0.25) is 4.31 Å². The maximum absolute atomic E-state index is 12.7. The molecule has 0 N–H and O–H groups in total. The minimum Gasteiger partial charge on any atom is -0.267 e. The van der Waals surface area contributed by atoms with Gasteiger partial charge in [-0.2, -0.15) is 0 Å². The Labute approximate surface area is 134 Å². The maximum Gasteiger partial charge on any atom is 0.265 e. The Morgan fingerprint density at radius 2 is 1.95 bits per heavy atom. The molecule has 0 bridgehead atoms. The second-order valence-electron chi connectivity index (χ2n) is 4.45. The summed E-state index contributed by atoms with van der Waals surface area (Å²) in [6.07, 6.45) is 1.21. The smallest absolute Gasteiger partial charge is 0.265 e. The molecule has 0 saturated carbocycles. The molecule has 0 radical (unpaired) electrons. The molecule has 0 aliphatic rings. The zero-order chi connectivity index (χ0) is 15.6. The molecular weight excluding hydrogens is 331 g/mol. The first-order chi connectivity index (χ1) is 9.86. The number of pyridine rings is 1. The Hall–Kier alpha value is -1.30. The Balaban J connectivity index is 2.51. The van der Waals surface area contributed by atoms with Crippen molar-refractivity contribution in [2.45, 2.75) is 18.7 Å². The van der Waals surface area contributed by atoms with Gasteiger partial charge < -0.3 is 0 Å². The zero-order valence-corrected chi connectivity index (χ0v) is 13.9. The van der Waals surface area contributed by atoms with Crippen LogP contribution in [-0.4, -0.2) is 19.9 Å². The molecule has 0 unspecified atom stereocenters. The quantitative estimate of drug-likeness (QED) is 0.790. The molecule has 0 aliphatic heterocycles. The molecule has 21 heavy (non-hydrogen) atoms. The summed E-state index contributed by atoms with van der Waals surface area (Å²) in [4.78, 5) is 3.81. The molecule has 2 rings (SSSR count). The number of halogens is 2. The van der Waals surface area contributed by atoms with E-state index in [4.69, 9.17) is 23.2 Å². The third-order valence-electron chi connectivity index (χ3n) is 2.94. The van der Waals surface area contributed by atoms with Gasteiger partial charge in [0.2, 0.25) is 0 Å². The van der Waals surface area contributed by atoms with Gasteiger partial charge in [0.25, 0.3) is 10.0 Å². The zero-order valence-electron chi connectivity index (χ0n) is 11.5. The van der Waals surface area contributed by atoms with Gasteiger partial charge >= 0.3 is 0 Å². The molecule has 0 fully saturated rings. The number of hydrogen-bond acceptors (Lipinski definition) is 3. The van der Waals surface area contributed by atoms with Crippen molar-refractivity contribution >= 4 is 38.9 Å². The Morgan fingerprint density at radius 3 is 2.52 bits per heavy atom. The number of hydrogen-bond donors (Lipinski definition) is 0. The average molecular weight is 345 g/mol. The summed E-state index contributed by atoms with van der Waals surface area (Å²) in [5.74, 6) is 0. The standard InChI is InChI=1S/C14H14Cl2N2O2S/c1-3-18(11-6-4-5-10(2)7-11)21(19,20)12-8-13(15)14(16)17-9-12/h4-9H,3H2,1-2H3. The fourth-order valence-electron chi connectivity index (χ4n) is 1.95. The molecule has 1 aromatic carbocycles. The lowest BCUT2D eigenvalue weighted by molar-refractivity contribution is 0.591. The topological polar surface area (TPSA) is 50.3 Å². The summed E-state index contributed by atoms with van der Waals surface area (Å²) in [6.45, 7) is 3.97. The van der Waals surface area contributed by atoms with Crippen LogP contribution in [0.3, 0.4) is 0 Å². The monoisotopic (exact) mass is 344 g/mol. The molecule has 4 nitrogen and oxygen atoms in total. The van der Waals surface area contributed by atoms with Gasteiger partial charge in [-0.1, -0.05) is 35.3 Å². The number of rotatable bonds is 4. The first-order valence-corrected chi connectivity index (χ1v) is 8.46. The summed E-state index contributed by atoms with van der Waals surface area (Å²) in [5, 5.41) is 0.187. The van der Waals surface area contributed by atoms with E-state index in [2.05, 4.69) is 4.98 Å². The van der Waals surface area contributed by atoms with E-state index in [0.717, 1.165) is 5.56 Å². The van der Waals surface area contributed by atoms with Crippen LogP contribution >= 0.6 is 23.2 Å². The molecule has 2 aromatic rings. The molecule has 0 atom stereocenters. The molecule has 1 aromatic heterocycles. The van der Waals surface area contributed by atoms with Crippen molar-refractivity contribution in [2.24, 2.45) is 0 Å². The van der Waals surface area contributed by atoms with Crippen LogP contribution in [0.4, 0.5) is 5.69 Å². The van der Waals surface area contributed by atoms with Crippen molar-refractivity contribution in [3.63, 3.8) is 0 Å². The van der Waals surface area contributed by atoms with Gasteiger partial charge in [-0.05, 0) is 37.6 Å². The molecule has 112 valence electrons. The molecule has 7 heteroatoms. The number of sulfonamides is 1. The highest BCUT2D eigenvalue weighted by atomic mass is 35.5. The van der Waals surface area contributed by atoms with Crippen LogP contribution in [0.1, 0.15) is 12.5 Å². The van der Waals surface area contributed by atoms with Crippen molar-refractivity contribution in [3.8, 4) is 0 Å². The fourth-order valence-corrected chi connectivity index (χ4v) is 3.72. The molecule has 1 heterocycles. The highest BCUT2D eigenvalue weighted by Crippen LogP contribution is 2.27. The summed E-state index contributed by atoms with van der Waals surface area (Å²) >= 11 is 11.6. The van der Waals surface area contributed by atoms with Gasteiger partial charge in [0.15, 0.2) is 0 Å². The number of nitrogens with zero attached hydrogens (tertiary/aromatic N) is 2. The lowest BCUT2D eigenvalue weighted by Gasteiger charge is -2.23. The highest BCUT2D eigenvalue weighted by Gasteiger charge is 2.24. The van der Waals surface area contributed by atoms with Crippen LogP contribution in [0, 0.1) is 6.92 Å². The van der Waals surface area contributed by atoms with E-state index in [9.17, 15) is 8.42 Å². The summed E-state index contributed by atoms with van der Waals surface area (Å²) in [5.41, 5.74) is 1.58. The fraction of sp³-hybridized carbons (Fsp3) is 0.214. The Bertz CT molecular complexity index is 763. The lowest BCUT2D eigenvalue weighted by Crippen LogP contribution is -2.30. The Morgan fingerprint density at radius 1 is 1.24 bits per heavy atom. The largest absolute Gasteiger partial charge is 0.267 e. The molecule has 0 spiro atoms. The average Bonchev–Trinajstić information content (AvgIpc) is 2.42. The highest BCUT2D eigenvalue weighted by molar-refractivity contribution is 7.92. The Kier molecular flexibility index (Phi) is 4.76. The van der Waals surface area contributed by atoms with Crippen molar-refractivity contribution in [1.29, 1.82) is 0 Å². The SMILES string of the molecule is CCN(c1cccc(C)c1)S(=O)(=O)c1cnc(Cl)c(Cl)c1. The van der Waals surface area contributed by atoms with E-state index in [-0.39, 0.29) is 15.1 Å². The van der Waals surface area contributed by atoms with Crippen molar-refractivity contribution < 1.29 is 8.42 Å². The maximum atomic E-state index is 12.7. The third-order valence-corrected chi connectivity index (χ3v) is 5.49. The lowest BCUT2D eigenvalue weighted by atomic mass is 10.2. The number of aromatic nitrogens is 1. The van der Waals surface area contributed by atoms with Gasteiger partial charge in [-0.25, -0.2) is 13.4 Å². The predicted octanol–water partition coefficient (Wildman–Crippen LogP) is 3.91. The molecular formula is C14H14Cl2N2O2S. The second-order valence-corrected chi connectivity index (χ2v) is 7.08. The summed E-state index contributed by atoms with van der Waals surface area (Å²) in [6, 6.07) is 8.59. The third kappa shape index (κ3) is 3.31. The molecule has 0 saturated heterocycles. The van der Waals surface area contributed by atoms with Crippen LogP contribution in [0.15, 0.2) is 41.4 Å². The van der Waals surface area contributed by atoms with E-state index >= 15 is 0 Å². The molecule has 0 amide bonds. The first-order valence-electron chi connectivity index (χ1n) is 6.26. The van der Waals surface area contributed by atoms with Crippen molar-refractivity contribution in [1.82, 2.24) is 4.98 Å². The van der Waals surface area contributed by atoms with E-state index in [0.29, 0.717) is 12.2 Å². The minimum atomic E-state index is -3.73. The van der Waals surface area contributed by atoms with Gasteiger partial charge in [0, 0.05) is 12.7 Å². The second kappa shape index (κ2) is 6.22. The minimum absolute atomic E-state index is 0.0141. The van der Waals surface area contributed by atoms with E-state index in [1.165, 1.54) is 16.6 Å². The van der Waals surface area contributed by atoms with E-state index < -0.39 is 10.0 Å². The summed E-state index contributed by atoms with van der Waals surface area (Å²) < 4.78 is 26.8. The van der Waals surface area contributed by atoms with Crippen LogP contribution < -0.4 is 4.31 Å². The van der Waals surface area contributed by atoms with E-state index in [1.54, 1.807) is 13.0 Å². The van der Waals surface area contributed by atoms with Crippen molar-refractivity contribution in [2.75, 3.05) is 10.8 Å². The van der Waals surface area contributed by atoms with Crippen molar-refractivity contribution in [3.05, 3.63) is 52.3 Å². The first kappa shape index (κ1) is 16.1. The molecule has 0 aliphatic carbocycles. The number of aryl methyl sites for hydroxylation is 1. The number of benzene rings is 1. The van der Waals surface area contributed by atoms with Gasteiger partial charge in [0.05, 0.1) is 10.7 Å².